The van der Waals surface area contributed by atoms with Gasteiger partial charge in [0.25, 0.3) is 0 Å². The van der Waals surface area contributed by atoms with Gasteiger partial charge in [0.2, 0.25) is 0 Å². The number of halogens is 2. The molecule has 5 heteroatoms. The van der Waals surface area contributed by atoms with Crippen molar-refractivity contribution in [3.63, 3.8) is 0 Å². The second-order valence-electron chi connectivity index (χ2n) is 2.02. The largest absolute Gasteiger partial charge is 0.204 e. The normalized spacial score (nSPS) is 10.1. The Balaban J connectivity index is 3.46. The molecule has 52 valence electrons. The molecule has 0 unspecified atom stereocenters. The summed E-state index contributed by atoms with van der Waals surface area (Å²) in [6.45, 7) is 0. The summed E-state index contributed by atoms with van der Waals surface area (Å²) < 4.78 is 25.0. The van der Waals surface area contributed by atoms with Gasteiger partial charge in [-0.3, -0.25) is 0 Å². The second-order valence-corrected chi connectivity index (χ2v) is 2.47. The van der Waals surface area contributed by atoms with Crippen molar-refractivity contribution >= 4 is 39.2 Å². The van der Waals surface area contributed by atoms with Crippen molar-refractivity contribution in [3.8, 4) is 0 Å². The fourth-order valence-electron chi connectivity index (χ4n) is 0.646. The van der Waals surface area contributed by atoms with E-state index in [0.29, 0.717) is 0 Å². The lowest BCUT2D eigenvalue weighted by atomic mass is 9.80. The molecule has 0 aliphatic rings. The predicted octanol–water partition coefficient (Wildman–Crippen LogP) is -0.159. The molecule has 0 fully saturated rings. The average Bonchev–Trinajstić information content (AvgIpc) is 1.97. The summed E-state index contributed by atoms with van der Waals surface area (Å²) in [6, 6.07) is 0.824. The molecule has 0 saturated carbocycles. The molecule has 0 amide bonds. The Labute approximate surface area is 71.2 Å². The van der Waals surface area contributed by atoms with E-state index in [0.717, 1.165) is 6.07 Å². The monoisotopic (exact) mass is 166 g/mol. The lowest BCUT2D eigenvalue weighted by molar-refractivity contribution is 0.494. The van der Waals surface area contributed by atoms with Gasteiger partial charge >= 0.3 is 0 Å². The molecule has 0 saturated heterocycles. The zero-order valence-electron chi connectivity index (χ0n) is 5.44. The quantitative estimate of drug-likeness (QED) is 0.401. The Morgan fingerprint density at radius 2 is 1.82 bits per heavy atom. The molecule has 0 atom stereocenters. The highest BCUT2D eigenvalue weighted by atomic mass is 32.1. The smallest absolute Gasteiger partial charge is 0.171 e. The SMILES string of the molecule is [B]c1cc(F)c(F)c(S)c1[B]. The topological polar surface area (TPSA) is 0 Å². The van der Waals surface area contributed by atoms with Crippen molar-refractivity contribution in [1.82, 2.24) is 0 Å². The summed E-state index contributed by atoms with van der Waals surface area (Å²) in [5, 5.41) is 0. The molecule has 0 aromatic heterocycles. The van der Waals surface area contributed by atoms with E-state index in [4.69, 9.17) is 15.7 Å². The number of thiol groups is 1. The number of hydrogen-bond donors (Lipinski definition) is 1. The van der Waals surface area contributed by atoms with Crippen LogP contribution in [0.15, 0.2) is 11.0 Å². The molecule has 11 heavy (non-hydrogen) atoms. The standard InChI is InChI=1S/C6H2B2F2S/c7-2-1-3(9)5(10)6(11)4(2)8/h1,11H. The molecule has 0 heterocycles. The van der Waals surface area contributed by atoms with Crippen LogP contribution in [-0.2, 0) is 0 Å². The first-order valence-corrected chi connectivity index (χ1v) is 3.20. The molecule has 1 rings (SSSR count). The van der Waals surface area contributed by atoms with Crippen LogP contribution in [0.1, 0.15) is 0 Å². The number of rotatable bonds is 0. The van der Waals surface area contributed by atoms with Gasteiger partial charge in [0.1, 0.15) is 15.7 Å². The van der Waals surface area contributed by atoms with Crippen molar-refractivity contribution in [3.05, 3.63) is 17.7 Å². The van der Waals surface area contributed by atoms with Crippen LogP contribution in [0.5, 0.6) is 0 Å². The van der Waals surface area contributed by atoms with Crippen LogP contribution in [0.25, 0.3) is 0 Å². The fraction of sp³-hybridized carbons (Fsp3) is 0. The predicted molar refractivity (Wildman–Crippen MR) is 44.4 cm³/mol. The summed E-state index contributed by atoms with van der Waals surface area (Å²) in [7, 11) is 10.5. The summed E-state index contributed by atoms with van der Waals surface area (Å²) in [6.07, 6.45) is 0. The molecule has 1 aromatic carbocycles. The Kier molecular flexibility index (Phi) is 2.28. The van der Waals surface area contributed by atoms with E-state index < -0.39 is 11.6 Å². The highest BCUT2D eigenvalue weighted by molar-refractivity contribution is 7.80. The van der Waals surface area contributed by atoms with E-state index in [2.05, 4.69) is 12.6 Å². The zero-order chi connectivity index (χ0) is 8.59. The van der Waals surface area contributed by atoms with E-state index in [1.54, 1.807) is 0 Å². The molecule has 4 radical (unpaired) electrons. The zero-order valence-corrected chi connectivity index (χ0v) is 6.33. The van der Waals surface area contributed by atoms with Crippen molar-refractivity contribution in [1.29, 1.82) is 0 Å². The Bertz CT molecular complexity index is 275. The highest BCUT2D eigenvalue weighted by Crippen LogP contribution is 2.10. The van der Waals surface area contributed by atoms with E-state index in [-0.39, 0.29) is 15.8 Å². The lowest BCUT2D eigenvalue weighted by Gasteiger charge is -2.05. The number of benzene rings is 1. The van der Waals surface area contributed by atoms with E-state index in [1.807, 2.05) is 0 Å². The minimum absolute atomic E-state index is 0.00565. The van der Waals surface area contributed by atoms with Crippen LogP contribution in [0.4, 0.5) is 8.78 Å². The molecule has 0 aliphatic heterocycles. The van der Waals surface area contributed by atoms with Gasteiger partial charge in [0, 0.05) is 4.90 Å². The summed E-state index contributed by atoms with van der Waals surface area (Å²) >= 11 is 3.63. The molecule has 0 nitrogen and oxygen atoms in total. The van der Waals surface area contributed by atoms with Gasteiger partial charge in [0.05, 0.1) is 0 Å². The van der Waals surface area contributed by atoms with Crippen molar-refractivity contribution in [2.75, 3.05) is 0 Å². The van der Waals surface area contributed by atoms with E-state index in [9.17, 15) is 8.78 Å². The molecule has 0 spiro atoms. The van der Waals surface area contributed by atoms with Crippen LogP contribution in [-0.4, -0.2) is 15.7 Å². The minimum Gasteiger partial charge on any atom is -0.204 e. The van der Waals surface area contributed by atoms with E-state index >= 15 is 0 Å². The van der Waals surface area contributed by atoms with Crippen molar-refractivity contribution in [2.45, 2.75) is 4.90 Å². The first-order valence-electron chi connectivity index (χ1n) is 2.76. The third-order valence-electron chi connectivity index (χ3n) is 1.27. The van der Waals surface area contributed by atoms with E-state index in [1.165, 1.54) is 0 Å². The minimum atomic E-state index is -1.07. The van der Waals surface area contributed by atoms with Gasteiger partial charge < -0.3 is 0 Å². The molecule has 1 aromatic rings. The average molecular weight is 166 g/mol. The Morgan fingerprint density at radius 3 is 2.36 bits per heavy atom. The summed E-state index contributed by atoms with van der Waals surface area (Å²) in [5.74, 6) is -2.11. The molecule has 0 aliphatic carbocycles. The molecular weight excluding hydrogens is 164 g/mol. The maximum absolute atomic E-state index is 12.6. The summed E-state index contributed by atoms with van der Waals surface area (Å²) in [4.78, 5) is -0.248. The van der Waals surface area contributed by atoms with Gasteiger partial charge in [-0.25, -0.2) is 8.78 Å². The maximum Gasteiger partial charge on any atom is 0.171 e. The third kappa shape index (κ3) is 1.43. The maximum atomic E-state index is 12.6. The van der Waals surface area contributed by atoms with Gasteiger partial charge in [-0.05, 0) is 6.07 Å². The lowest BCUT2D eigenvalue weighted by Crippen LogP contribution is -2.28. The van der Waals surface area contributed by atoms with Gasteiger partial charge in [-0.1, -0.05) is 10.9 Å². The fourth-order valence-corrected chi connectivity index (χ4v) is 0.882. The first-order chi connectivity index (χ1) is 5.04. The third-order valence-corrected chi connectivity index (χ3v) is 1.70. The van der Waals surface area contributed by atoms with Crippen LogP contribution in [0.2, 0.25) is 0 Å². The second kappa shape index (κ2) is 2.89. The first kappa shape index (κ1) is 8.65. The van der Waals surface area contributed by atoms with Crippen LogP contribution >= 0.6 is 12.6 Å². The van der Waals surface area contributed by atoms with Gasteiger partial charge in [0.15, 0.2) is 11.6 Å². The van der Waals surface area contributed by atoms with Gasteiger partial charge in [-0.15, -0.1) is 12.6 Å². The van der Waals surface area contributed by atoms with Crippen LogP contribution < -0.4 is 10.9 Å². The molecule has 0 N–H and O–H groups in total. The number of hydrogen-bond acceptors (Lipinski definition) is 1. The highest BCUT2D eigenvalue weighted by Gasteiger charge is 2.09. The van der Waals surface area contributed by atoms with Crippen LogP contribution in [0.3, 0.4) is 0 Å². The summed E-state index contributed by atoms with van der Waals surface area (Å²) in [5.41, 5.74) is -0.0406. The Morgan fingerprint density at radius 1 is 1.27 bits per heavy atom. The van der Waals surface area contributed by atoms with Crippen LogP contribution in [0, 0.1) is 11.6 Å². The van der Waals surface area contributed by atoms with Crippen molar-refractivity contribution in [2.24, 2.45) is 0 Å². The Hall–Kier alpha value is -0.440. The van der Waals surface area contributed by atoms with Crippen molar-refractivity contribution < 1.29 is 8.78 Å². The van der Waals surface area contributed by atoms with Gasteiger partial charge in [-0.2, -0.15) is 0 Å². The molecular formula is C6H2B2F2S. The molecule has 0 bridgehead atoms.